The molecule has 0 radical (unpaired) electrons. The number of benzene rings is 2. The van der Waals surface area contributed by atoms with Crippen molar-refractivity contribution in [1.82, 2.24) is 0 Å². The van der Waals surface area contributed by atoms with Gasteiger partial charge in [-0.15, -0.1) is 0 Å². The third-order valence-corrected chi connectivity index (χ3v) is 5.25. The molecule has 1 N–H and O–H groups in total. The number of anilines is 1. The fraction of sp³-hybridized carbons (Fsp3) is 0.400. The highest BCUT2D eigenvalue weighted by molar-refractivity contribution is 6.07. The van der Waals surface area contributed by atoms with E-state index < -0.39 is 0 Å². The summed E-state index contributed by atoms with van der Waals surface area (Å²) in [7, 11) is 0. The lowest BCUT2D eigenvalue weighted by Gasteiger charge is -2.31. The van der Waals surface area contributed by atoms with Crippen LogP contribution >= 0.6 is 0 Å². The van der Waals surface area contributed by atoms with Gasteiger partial charge in [0, 0.05) is 24.3 Å². The van der Waals surface area contributed by atoms with E-state index in [9.17, 15) is 9.90 Å². The van der Waals surface area contributed by atoms with E-state index in [1.54, 1.807) is 6.08 Å². The zero-order chi connectivity index (χ0) is 20.6. The Bertz CT molecular complexity index is 801. The lowest BCUT2D eigenvalue weighted by Crippen LogP contribution is -2.35. The van der Waals surface area contributed by atoms with Gasteiger partial charge in [0.1, 0.15) is 5.75 Å². The molecule has 2 aromatic rings. The SMILES string of the molecule is CC(C)CCOc1ccc(C=CC(=O)c2ccc(N3CCC(O)CC3)cc2)cc1. The molecule has 0 amide bonds. The lowest BCUT2D eigenvalue weighted by atomic mass is 10.1. The van der Waals surface area contributed by atoms with Gasteiger partial charge in [-0.05, 0) is 73.2 Å². The lowest BCUT2D eigenvalue weighted by molar-refractivity contribution is 0.104. The minimum Gasteiger partial charge on any atom is -0.494 e. The van der Waals surface area contributed by atoms with Crippen LogP contribution in [0.25, 0.3) is 6.08 Å². The Labute approximate surface area is 173 Å². The van der Waals surface area contributed by atoms with Crippen LogP contribution in [-0.4, -0.2) is 36.7 Å². The molecule has 1 aliphatic heterocycles. The molecule has 1 aliphatic rings. The third kappa shape index (κ3) is 6.47. The number of aliphatic hydroxyl groups excluding tert-OH is 1. The average Bonchev–Trinajstić information content (AvgIpc) is 2.73. The minimum atomic E-state index is -0.182. The van der Waals surface area contributed by atoms with Gasteiger partial charge in [-0.25, -0.2) is 0 Å². The van der Waals surface area contributed by atoms with Gasteiger partial charge < -0.3 is 14.7 Å². The number of ether oxygens (including phenoxy) is 1. The van der Waals surface area contributed by atoms with Crippen molar-refractivity contribution < 1.29 is 14.6 Å². The molecule has 0 spiro atoms. The summed E-state index contributed by atoms with van der Waals surface area (Å²) in [4.78, 5) is 14.7. The zero-order valence-electron chi connectivity index (χ0n) is 17.4. The Kier molecular flexibility index (Phi) is 7.48. The number of carbonyl (C=O) groups excluding carboxylic acids is 1. The summed E-state index contributed by atoms with van der Waals surface area (Å²) in [5.74, 6) is 1.47. The monoisotopic (exact) mass is 393 g/mol. The van der Waals surface area contributed by atoms with Crippen LogP contribution in [0.5, 0.6) is 5.75 Å². The Balaban J connectivity index is 1.53. The van der Waals surface area contributed by atoms with Gasteiger partial charge in [-0.3, -0.25) is 4.79 Å². The molecule has 4 nitrogen and oxygen atoms in total. The number of rotatable bonds is 8. The molecule has 0 unspecified atom stereocenters. The molecule has 1 fully saturated rings. The largest absolute Gasteiger partial charge is 0.494 e. The minimum absolute atomic E-state index is 0.0112. The normalized spacial score (nSPS) is 15.2. The highest BCUT2D eigenvalue weighted by atomic mass is 16.5. The summed E-state index contributed by atoms with van der Waals surface area (Å²) in [6.45, 7) is 6.79. The van der Waals surface area contributed by atoms with Crippen LogP contribution in [0.1, 0.15) is 49.0 Å². The third-order valence-electron chi connectivity index (χ3n) is 5.25. The molecule has 0 bridgehead atoms. The van der Waals surface area contributed by atoms with Crippen molar-refractivity contribution in [3.05, 3.63) is 65.7 Å². The van der Waals surface area contributed by atoms with Gasteiger partial charge in [0.15, 0.2) is 5.78 Å². The molecule has 3 rings (SSSR count). The van der Waals surface area contributed by atoms with E-state index in [2.05, 4.69) is 18.7 Å². The highest BCUT2D eigenvalue weighted by Crippen LogP contribution is 2.21. The standard InChI is InChI=1S/C25H31NO3/c1-19(2)15-18-29-24-10-3-20(4-11-24)5-12-25(28)21-6-8-22(9-7-21)26-16-13-23(27)14-17-26/h3-12,19,23,27H,13-18H2,1-2H3. The second kappa shape index (κ2) is 10.3. The molecule has 29 heavy (non-hydrogen) atoms. The topological polar surface area (TPSA) is 49.8 Å². The first-order valence-corrected chi connectivity index (χ1v) is 10.5. The molecule has 154 valence electrons. The van der Waals surface area contributed by atoms with E-state index in [0.717, 1.165) is 56.0 Å². The predicted molar refractivity (Wildman–Crippen MR) is 119 cm³/mol. The van der Waals surface area contributed by atoms with Crippen LogP contribution in [0.3, 0.4) is 0 Å². The molecular formula is C25H31NO3. The Morgan fingerprint density at radius 2 is 1.76 bits per heavy atom. The molecule has 1 heterocycles. The van der Waals surface area contributed by atoms with E-state index in [4.69, 9.17) is 4.74 Å². The van der Waals surface area contributed by atoms with Gasteiger partial charge in [0.05, 0.1) is 12.7 Å². The zero-order valence-corrected chi connectivity index (χ0v) is 17.4. The van der Waals surface area contributed by atoms with E-state index in [1.165, 1.54) is 0 Å². The number of aliphatic hydroxyl groups is 1. The molecule has 0 aromatic heterocycles. The quantitative estimate of drug-likeness (QED) is 0.508. The van der Waals surface area contributed by atoms with Gasteiger partial charge in [0.25, 0.3) is 0 Å². The molecule has 1 saturated heterocycles. The maximum absolute atomic E-state index is 12.5. The van der Waals surface area contributed by atoms with E-state index in [1.807, 2.05) is 54.6 Å². The summed E-state index contributed by atoms with van der Waals surface area (Å²) in [5, 5.41) is 9.63. The fourth-order valence-corrected chi connectivity index (χ4v) is 3.32. The number of hydrogen-bond acceptors (Lipinski definition) is 4. The summed E-state index contributed by atoms with van der Waals surface area (Å²) in [5.41, 5.74) is 2.75. The second-order valence-electron chi connectivity index (χ2n) is 8.06. The first-order valence-electron chi connectivity index (χ1n) is 10.5. The molecule has 2 aromatic carbocycles. The molecular weight excluding hydrogens is 362 g/mol. The molecule has 0 atom stereocenters. The van der Waals surface area contributed by atoms with Crippen LogP contribution in [0.2, 0.25) is 0 Å². The van der Waals surface area contributed by atoms with Gasteiger partial charge >= 0.3 is 0 Å². The maximum Gasteiger partial charge on any atom is 0.185 e. The molecule has 0 saturated carbocycles. The van der Waals surface area contributed by atoms with Crippen molar-refractivity contribution in [2.75, 3.05) is 24.6 Å². The van der Waals surface area contributed by atoms with E-state index in [-0.39, 0.29) is 11.9 Å². The van der Waals surface area contributed by atoms with Crippen LogP contribution in [0.15, 0.2) is 54.6 Å². The smallest absolute Gasteiger partial charge is 0.185 e. The Morgan fingerprint density at radius 3 is 2.38 bits per heavy atom. The average molecular weight is 394 g/mol. The number of nitrogens with zero attached hydrogens (tertiary/aromatic N) is 1. The number of allylic oxidation sites excluding steroid dienone is 1. The number of piperidine rings is 1. The predicted octanol–water partition coefficient (Wildman–Crippen LogP) is 4.97. The Morgan fingerprint density at radius 1 is 1.10 bits per heavy atom. The molecule has 4 heteroatoms. The summed E-state index contributed by atoms with van der Waals surface area (Å²) < 4.78 is 5.72. The summed E-state index contributed by atoms with van der Waals surface area (Å²) in [6, 6.07) is 15.5. The van der Waals surface area contributed by atoms with Gasteiger partial charge in [0.2, 0.25) is 0 Å². The van der Waals surface area contributed by atoms with Crippen LogP contribution in [0, 0.1) is 5.92 Å². The van der Waals surface area contributed by atoms with Crippen molar-refractivity contribution >= 4 is 17.5 Å². The van der Waals surface area contributed by atoms with Crippen molar-refractivity contribution in [1.29, 1.82) is 0 Å². The van der Waals surface area contributed by atoms with Crippen molar-refractivity contribution in [2.24, 2.45) is 5.92 Å². The van der Waals surface area contributed by atoms with Crippen LogP contribution in [-0.2, 0) is 0 Å². The number of ketones is 1. The maximum atomic E-state index is 12.5. The summed E-state index contributed by atoms with van der Waals surface area (Å²) in [6.07, 6.45) is 5.89. The first-order chi connectivity index (χ1) is 14.0. The first kappa shape index (κ1) is 21.1. The highest BCUT2D eigenvalue weighted by Gasteiger charge is 2.17. The van der Waals surface area contributed by atoms with E-state index in [0.29, 0.717) is 11.5 Å². The van der Waals surface area contributed by atoms with Gasteiger partial charge in [-0.1, -0.05) is 32.1 Å². The van der Waals surface area contributed by atoms with Crippen molar-refractivity contribution in [3.8, 4) is 5.75 Å². The van der Waals surface area contributed by atoms with E-state index >= 15 is 0 Å². The van der Waals surface area contributed by atoms with Crippen molar-refractivity contribution in [3.63, 3.8) is 0 Å². The second-order valence-corrected chi connectivity index (χ2v) is 8.06. The number of hydrogen-bond donors (Lipinski definition) is 1. The fourth-order valence-electron chi connectivity index (χ4n) is 3.32. The van der Waals surface area contributed by atoms with Crippen molar-refractivity contribution in [2.45, 2.75) is 39.2 Å². The van der Waals surface area contributed by atoms with Crippen LogP contribution < -0.4 is 9.64 Å². The Hall–Kier alpha value is -2.59. The summed E-state index contributed by atoms with van der Waals surface area (Å²) >= 11 is 0. The number of carbonyl (C=O) groups is 1. The van der Waals surface area contributed by atoms with Gasteiger partial charge in [-0.2, -0.15) is 0 Å². The van der Waals surface area contributed by atoms with Crippen LogP contribution in [0.4, 0.5) is 5.69 Å². The molecule has 0 aliphatic carbocycles.